The summed E-state index contributed by atoms with van der Waals surface area (Å²) in [4.78, 5) is 13.8. The van der Waals surface area contributed by atoms with Gasteiger partial charge in [-0.15, -0.1) is 11.3 Å². The van der Waals surface area contributed by atoms with Crippen molar-refractivity contribution in [2.45, 2.75) is 40.2 Å². The monoisotopic (exact) mass is 303 g/mol. The van der Waals surface area contributed by atoms with Gasteiger partial charge in [0.15, 0.2) is 0 Å². The van der Waals surface area contributed by atoms with E-state index in [2.05, 4.69) is 13.0 Å². The first-order valence-corrected chi connectivity index (χ1v) is 7.70. The van der Waals surface area contributed by atoms with Crippen molar-refractivity contribution in [3.63, 3.8) is 0 Å². The molecule has 0 aliphatic carbocycles. The lowest BCUT2D eigenvalue weighted by atomic mass is 10.0. The fourth-order valence-electron chi connectivity index (χ4n) is 2.09. The van der Waals surface area contributed by atoms with E-state index in [1.54, 1.807) is 0 Å². The van der Waals surface area contributed by atoms with Gasteiger partial charge in [0.1, 0.15) is 10.5 Å². The van der Waals surface area contributed by atoms with Gasteiger partial charge in [0.25, 0.3) is 0 Å². The molecule has 0 aliphatic rings. The van der Waals surface area contributed by atoms with Gasteiger partial charge in [-0.2, -0.15) is 0 Å². The number of hydrogen-bond donors (Lipinski definition) is 1. The highest BCUT2D eigenvalue weighted by Gasteiger charge is 2.24. The fourth-order valence-corrected chi connectivity index (χ4v) is 3.28. The molecule has 0 radical (unpaired) electrons. The number of carbonyl (C=O) groups is 1. The Kier molecular flexibility index (Phi) is 4.10. The van der Waals surface area contributed by atoms with E-state index >= 15 is 0 Å². The second-order valence-corrected chi connectivity index (χ2v) is 7.14. The van der Waals surface area contributed by atoms with E-state index in [-0.39, 0.29) is 5.97 Å². The van der Waals surface area contributed by atoms with E-state index in [9.17, 15) is 4.79 Å². The quantitative estimate of drug-likeness (QED) is 0.827. The molecule has 0 aliphatic heterocycles. The molecule has 3 nitrogen and oxygen atoms in total. The summed E-state index contributed by atoms with van der Waals surface area (Å²) in [5.41, 5.74) is 9.33. The van der Waals surface area contributed by atoms with E-state index in [1.807, 2.05) is 45.9 Å². The van der Waals surface area contributed by atoms with Gasteiger partial charge in [-0.1, -0.05) is 24.3 Å². The summed E-state index contributed by atoms with van der Waals surface area (Å²) in [6.45, 7) is 9.55. The van der Waals surface area contributed by atoms with Gasteiger partial charge in [0.05, 0.1) is 5.69 Å². The van der Waals surface area contributed by atoms with Gasteiger partial charge >= 0.3 is 5.97 Å². The minimum atomic E-state index is -0.524. The number of carbonyl (C=O) groups excluding carboxylic acids is 1. The second-order valence-electron chi connectivity index (χ2n) is 6.12. The molecule has 0 bridgehead atoms. The summed E-state index contributed by atoms with van der Waals surface area (Å²) in [5.74, 6) is -0.354. The lowest BCUT2D eigenvalue weighted by molar-refractivity contribution is 0.00763. The first-order valence-electron chi connectivity index (χ1n) is 6.89. The molecular formula is C17H21NO2S. The van der Waals surface area contributed by atoms with Gasteiger partial charge in [-0.25, -0.2) is 4.79 Å². The van der Waals surface area contributed by atoms with Crippen molar-refractivity contribution in [3.8, 4) is 10.4 Å². The average molecular weight is 303 g/mol. The Hall–Kier alpha value is -1.81. The molecule has 0 spiro atoms. The fraction of sp³-hybridized carbons (Fsp3) is 0.353. The zero-order chi connectivity index (χ0) is 15.8. The maximum absolute atomic E-state index is 12.3. The number of thiophene rings is 1. The van der Waals surface area contributed by atoms with Crippen LogP contribution < -0.4 is 5.73 Å². The molecule has 2 N–H and O–H groups in total. The van der Waals surface area contributed by atoms with Crippen LogP contribution in [0.3, 0.4) is 0 Å². The Bertz CT molecular complexity index is 681. The van der Waals surface area contributed by atoms with Gasteiger partial charge < -0.3 is 10.5 Å². The van der Waals surface area contributed by atoms with Crippen LogP contribution in [-0.2, 0) is 4.74 Å². The van der Waals surface area contributed by atoms with Crippen LogP contribution in [0.5, 0.6) is 0 Å². The highest BCUT2D eigenvalue weighted by atomic mass is 32.1. The minimum Gasteiger partial charge on any atom is -0.456 e. The SMILES string of the molecule is Cc1ccccc1-c1sc(C(=O)OC(C)(C)C)c(N)c1C. The average Bonchev–Trinajstić information content (AvgIpc) is 2.65. The number of benzene rings is 1. The smallest absolute Gasteiger partial charge is 0.351 e. The largest absolute Gasteiger partial charge is 0.456 e. The zero-order valence-corrected chi connectivity index (χ0v) is 13.9. The standard InChI is InChI=1S/C17H21NO2S/c1-10-8-6-7-9-12(10)14-11(2)13(18)15(21-14)16(19)20-17(3,4)5/h6-9H,18H2,1-5H3. The third-order valence-corrected chi connectivity index (χ3v) is 4.49. The first-order chi connectivity index (χ1) is 9.70. The number of nitrogen functional groups attached to an aromatic ring is 1. The number of esters is 1. The molecule has 1 aromatic heterocycles. The van der Waals surface area contributed by atoms with Crippen molar-refractivity contribution in [1.82, 2.24) is 0 Å². The number of hydrogen-bond acceptors (Lipinski definition) is 4. The van der Waals surface area contributed by atoms with Gasteiger partial charge in [0, 0.05) is 4.88 Å². The van der Waals surface area contributed by atoms with Gasteiger partial charge in [0.2, 0.25) is 0 Å². The third-order valence-electron chi connectivity index (χ3n) is 3.17. The van der Waals surface area contributed by atoms with Crippen molar-refractivity contribution >= 4 is 23.0 Å². The molecule has 1 heterocycles. The van der Waals surface area contributed by atoms with Gasteiger partial charge in [-0.05, 0) is 51.3 Å². The Morgan fingerprint density at radius 2 is 1.81 bits per heavy atom. The zero-order valence-electron chi connectivity index (χ0n) is 13.1. The number of nitrogens with two attached hydrogens (primary N) is 1. The highest BCUT2D eigenvalue weighted by Crippen LogP contribution is 2.40. The third kappa shape index (κ3) is 3.27. The molecule has 21 heavy (non-hydrogen) atoms. The molecule has 0 amide bonds. The van der Waals surface area contributed by atoms with E-state index in [1.165, 1.54) is 11.3 Å². The van der Waals surface area contributed by atoms with E-state index in [0.717, 1.165) is 21.6 Å². The molecule has 0 saturated carbocycles. The summed E-state index contributed by atoms with van der Waals surface area (Å²) in [7, 11) is 0. The van der Waals surface area contributed by atoms with Crippen molar-refractivity contribution in [2.24, 2.45) is 0 Å². The molecule has 1 aromatic carbocycles. The number of rotatable bonds is 2. The Morgan fingerprint density at radius 1 is 1.19 bits per heavy atom. The lowest BCUT2D eigenvalue weighted by Gasteiger charge is -2.19. The molecule has 0 saturated heterocycles. The van der Waals surface area contributed by atoms with Crippen LogP contribution in [0, 0.1) is 13.8 Å². The normalized spacial score (nSPS) is 11.5. The minimum absolute atomic E-state index is 0.354. The van der Waals surface area contributed by atoms with Crippen LogP contribution in [0.1, 0.15) is 41.6 Å². The predicted molar refractivity (Wildman–Crippen MR) is 88.8 cm³/mol. The van der Waals surface area contributed by atoms with Crippen LogP contribution in [0.4, 0.5) is 5.69 Å². The van der Waals surface area contributed by atoms with Crippen LogP contribution in [0.2, 0.25) is 0 Å². The van der Waals surface area contributed by atoms with Crippen molar-refractivity contribution in [2.75, 3.05) is 5.73 Å². The maximum Gasteiger partial charge on any atom is 0.351 e. The molecule has 4 heteroatoms. The number of anilines is 1. The van der Waals surface area contributed by atoms with Crippen molar-refractivity contribution < 1.29 is 9.53 Å². The Morgan fingerprint density at radius 3 is 2.38 bits per heavy atom. The number of ether oxygens (including phenoxy) is 1. The van der Waals surface area contributed by atoms with Crippen LogP contribution in [-0.4, -0.2) is 11.6 Å². The second kappa shape index (κ2) is 5.53. The van der Waals surface area contributed by atoms with E-state index in [4.69, 9.17) is 10.5 Å². The summed E-state index contributed by atoms with van der Waals surface area (Å²) in [5, 5.41) is 0. The molecule has 112 valence electrons. The lowest BCUT2D eigenvalue weighted by Crippen LogP contribution is -2.23. The summed E-state index contributed by atoms with van der Waals surface area (Å²) >= 11 is 1.40. The molecular weight excluding hydrogens is 282 g/mol. The van der Waals surface area contributed by atoms with Crippen molar-refractivity contribution in [1.29, 1.82) is 0 Å². The topological polar surface area (TPSA) is 52.3 Å². The number of aryl methyl sites for hydroxylation is 1. The Balaban J connectivity index is 2.47. The maximum atomic E-state index is 12.3. The highest BCUT2D eigenvalue weighted by molar-refractivity contribution is 7.18. The molecule has 2 rings (SSSR count). The van der Waals surface area contributed by atoms with Gasteiger partial charge in [-0.3, -0.25) is 0 Å². The summed E-state index contributed by atoms with van der Waals surface area (Å²) in [6.07, 6.45) is 0. The predicted octanol–water partition coefficient (Wildman–Crippen LogP) is 4.57. The van der Waals surface area contributed by atoms with Crippen LogP contribution >= 0.6 is 11.3 Å². The first kappa shape index (κ1) is 15.6. The summed E-state index contributed by atoms with van der Waals surface area (Å²) in [6, 6.07) is 8.09. The molecule has 0 unspecified atom stereocenters. The van der Waals surface area contributed by atoms with Crippen LogP contribution in [0.15, 0.2) is 24.3 Å². The van der Waals surface area contributed by atoms with E-state index < -0.39 is 5.60 Å². The van der Waals surface area contributed by atoms with Crippen molar-refractivity contribution in [3.05, 3.63) is 40.3 Å². The molecule has 2 aromatic rings. The van der Waals surface area contributed by atoms with E-state index in [0.29, 0.717) is 10.6 Å². The molecule has 0 fully saturated rings. The Labute approximate surface area is 129 Å². The van der Waals surface area contributed by atoms with Crippen LogP contribution in [0.25, 0.3) is 10.4 Å². The molecule has 0 atom stereocenters. The summed E-state index contributed by atoms with van der Waals surface area (Å²) < 4.78 is 5.43.